The van der Waals surface area contributed by atoms with Crippen LogP contribution in [0.3, 0.4) is 0 Å². The molecular weight excluding hydrogens is 564 g/mol. The average molecular weight is 595 g/mol. The van der Waals surface area contributed by atoms with Crippen molar-refractivity contribution >= 4 is 40.2 Å². The van der Waals surface area contributed by atoms with Crippen LogP contribution in [0.25, 0.3) is 22.2 Å². The molecule has 6 rings (SSSR count). The number of piperazine rings is 1. The normalized spacial score (nSPS) is 18.5. The van der Waals surface area contributed by atoms with Crippen molar-refractivity contribution in [1.29, 1.82) is 0 Å². The van der Waals surface area contributed by atoms with Gasteiger partial charge in [-0.1, -0.05) is 48.9 Å². The van der Waals surface area contributed by atoms with Gasteiger partial charge in [0.15, 0.2) is 0 Å². The maximum atomic E-state index is 14.1. The van der Waals surface area contributed by atoms with E-state index in [4.69, 9.17) is 11.6 Å². The van der Waals surface area contributed by atoms with E-state index in [-0.39, 0.29) is 23.9 Å². The fraction of sp³-hybridized carbons (Fsp3) is 0.242. The number of nitrogens with zero attached hydrogens (tertiary/aromatic N) is 4. The van der Waals surface area contributed by atoms with E-state index in [9.17, 15) is 14.4 Å². The summed E-state index contributed by atoms with van der Waals surface area (Å²) in [4.78, 5) is 56.2. The van der Waals surface area contributed by atoms with Gasteiger partial charge in [-0.3, -0.25) is 24.4 Å². The molecule has 2 aliphatic heterocycles. The van der Waals surface area contributed by atoms with Crippen LogP contribution in [0.5, 0.6) is 0 Å². The van der Waals surface area contributed by atoms with Gasteiger partial charge < -0.3 is 20.1 Å². The van der Waals surface area contributed by atoms with Crippen molar-refractivity contribution in [2.45, 2.75) is 31.5 Å². The molecule has 2 N–H and O–H groups in total. The fourth-order valence-electron chi connectivity index (χ4n) is 5.96. The molecule has 9 nitrogen and oxygen atoms in total. The zero-order chi connectivity index (χ0) is 30.3. The van der Waals surface area contributed by atoms with E-state index in [1.807, 2.05) is 31.2 Å². The van der Waals surface area contributed by atoms with E-state index in [0.717, 1.165) is 16.5 Å². The summed E-state index contributed by atoms with van der Waals surface area (Å²) in [5.74, 6) is -0.822. The fourth-order valence-corrected chi connectivity index (χ4v) is 6.19. The molecule has 2 bridgehead atoms. The average Bonchev–Trinajstić information content (AvgIpc) is 3.78. The molecule has 218 valence electrons. The van der Waals surface area contributed by atoms with E-state index in [0.29, 0.717) is 41.6 Å². The number of H-pyrrole nitrogens is 1. The molecule has 0 spiro atoms. The molecule has 0 saturated carbocycles. The first-order valence-corrected chi connectivity index (χ1v) is 14.4. The van der Waals surface area contributed by atoms with Gasteiger partial charge in [-0.05, 0) is 42.8 Å². The minimum absolute atomic E-state index is 0.156. The van der Waals surface area contributed by atoms with E-state index in [1.54, 1.807) is 64.7 Å². The number of aromatic nitrogens is 3. The highest BCUT2D eigenvalue weighted by atomic mass is 35.5. The molecule has 2 saturated heterocycles. The molecule has 2 fully saturated rings. The van der Waals surface area contributed by atoms with Gasteiger partial charge in [0.2, 0.25) is 5.91 Å². The van der Waals surface area contributed by atoms with Gasteiger partial charge in [-0.25, -0.2) is 0 Å². The lowest BCUT2D eigenvalue weighted by Crippen LogP contribution is -2.59. The molecule has 3 atom stereocenters. The molecule has 3 unspecified atom stereocenters. The first kappa shape index (κ1) is 28.4. The van der Waals surface area contributed by atoms with Crippen molar-refractivity contribution < 1.29 is 14.4 Å². The van der Waals surface area contributed by atoms with Crippen molar-refractivity contribution in [3.8, 4) is 11.3 Å². The molecule has 1 aromatic carbocycles. The van der Waals surface area contributed by atoms with Gasteiger partial charge >= 0.3 is 0 Å². The lowest BCUT2D eigenvalue weighted by Gasteiger charge is -2.39. The Bertz CT molecular complexity index is 1710. The zero-order valence-corrected chi connectivity index (χ0v) is 24.4. The number of halogens is 1. The number of carbonyl (C=O) groups is 3. The molecule has 3 amide bonds. The highest BCUT2D eigenvalue weighted by Crippen LogP contribution is 2.35. The Morgan fingerprint density at radius 3 is 2.44 bits per heavy atom. The second-order valence-corrected chi connectivity index (χ2v) is 11.6. The van der Waals surface area contributed by atoms with Crippen molar-refractivity contribution in [2.75, 3.05) is 13.1 Å². The smallest absolute Gasteiger partial charge is 0.272 e. The van der Waals surface area contributed by atoms with Crippen LogP contribution in [-0.4, -0.2) is 73.7 Å². The minimum atomic E-state index is -0.933. The van der Waals surface area contributed by atoms with Crippen LogP contribution in [0.2, 0.25) is 5.02 Å². The third-order valence-corrected chi connectivity index (χ3v) is 8.90. The van der Waals surface area contributed by atoms with E-state index in [2.05, 4.69) is 33.4 Å². The summed E-state index contributed by atoms with van der Waals surface area (Å²) >= 11 is 6.26. The Labute approximate surface area is 254 Å². The lowest BCUT2D eigenvalue weighted by molar-refractivity contribution is -0.137. The number of pyridine rings is 2. The number of rotatable bonds is 8. The second kappa shape index (κ2) is 11.1. The van der Waals surface area contributed by atoms with Gasteiger partial charge in [-0.2, -0.15) is 0 Å². The summed E-state index contributed by atoms with van der Waals surface area (Å²) in [7, 11) is 0. The predicted molar refractivity (Wildman–Crippen MR) is 165 cm³/mol. The summed E-state index contributed by atoms with van der Waals surface area (Å²) < 4.78 is 0. The van der Waals surface area contributed by atoms with Gasteiger partial charge in [0.1, 0.15) is 17.4 Å². The Hall–Kier alpha value is -4.76. The van der Waals surface area contributed by atoms with Crippen molar-refractivity contribution in [2.24, 2.45) is 5.41 Å². The molecule has 2 aliphatic rings. The van der Waals surface area contributed by atoms with Crippen LogP contribution in [0, 0.1) is 5.41 Å². The van der Waals surface area contributed by atoms with Crippen LogP contribution < -0.4 is 5.32 Å². The maximum absolute atomic E-state index is 14.1. The van der Waals surface area contributed by atoms with Gasteiger partial charge in [0.05, 0.1) is 22.8 Å². The van der Waals surface area contributed by atoms with Crippen LogP contribution >= 0.6 is 11.6 Å². The molecule has 4 aromatic rings. The highest BCUT2D eigenvalue weighted by Gasteiger charge is 2.50. The molecule has 5 heterocycles. The third-order valence-electron chi connectivity index (χ3n) is 8.60. The number of para-hydroxylation sites is 1. The molecule has 10 heteroatoms. The van der Waals surface area contributed by atoms with Crippen molar-refractivity contribution in [1.82, 2.24) is 30.1 Å². The summed E-state index contributed by atoms with van der Waals surface area (Å²) in [6.07, 6.45) is 7.16. The molecule has 3 aromatic heterocycles. The molecule has 43 heavy (non-hydrogen) atoms. The molecule has 0 radical (unpaired) electrons. The second-order valence-electron chi connectivity index (χ2n) is 11.2. The number of hydrogen-bond acceptors (Lipinski definition) is 5. The SMILES string of the molecule is C=CC(C)(C=C)C(NC(=O)c1cc2ccccc2[nH]1)C(=O)N1CC2CC1CN2C(=O)c1ccc(-c2ncccc2Cl)cn1. The molecule has 0 aliphatic carbocycles. The number of likely N-dealkylation sites (tertiary alicyclic amines) is 2. The number of hydrogen-bond donors (Lipinski definition) is 2. The first-order valence-electron chi connectivity index (χ1n) is 14.1. The van der Waals surface area contributed by atoms with Gasteiger partial charge in [0.25, 0.3) is 11.8 Å². The van der Waals surface area contributed by atoms with Crippen molar-refractivity contribution in [3.63, 3.8) is 0 Å². The number of carbonyl (C=O) groups excluding carboxylic acids is 3. The number of nitrogens with one attached hydrogen (secondary N) is 2. The monoisotopic (exact) mass is 594 g/mol. The van der Waals surface area contributed by atoms with Crippen LogP contribution in [0.1, 0.15) is 34.3 Å². The van der Waals surface area contributed by atoms with Crippen LogP contribution in [0.4, 0.5) is 0 Å². The van der Waals surface area contributed by atoms with E-state index in [1.165, 1.54) is 0 Å². The van der Waals surface area contributed by atoms with Gasteiger partial charge in [-0.15, -0.1) is 13.2 Å². The quantitative estimate of drug-likeness (QED) is 0.283. The third kappa shape index (κ3) is 5.10. The number of benzene rings is 1. The van der Waals surface area contributed by atoms with E-state index >= 15 is 0 Å². The maximum Gasteiger partial charge on any atom is 0.272 e. The Morgan fingerprint density at radius 2 is 1.79 bits per heavy atom. The number of aromatic amines is 1. The summed E-state index contributed by atoms with van der Waals surface area (Å²) in [5, 5.41) is 4.35. The minimum Gasteiger partial charge on any atom is -0.351 e. The van der Waals surface area contributed by atoms with E-state index < -0.39 is 17.4 Å². The standard InChI is InChI=1S/C33H31ClN6O3/c1-4-33(3,5-2)29(38-30(41)27-15-20-9-6-7-11-25(20)37-27)32(43)40-19-22-16-23(40)18-39(22)31(42)26-13-12-21(17-36-26)28-24(34)10-8-14-35-28/h4-15,17,22-23,29,37H,1-2,16,18-19H2,3H3,(H,38,41). The largest absolute Gasteiger partial charge is 0.351 e. The highest BCUT2D eigenvalue weighted by molar-refractivity contribution is 6.33. The van der Waals surface area contributed by atoms with Crippen LogP contribution in [0.15, 0.2) is 92.3 Å². The van der Waals surface area contributed by atoms with Crippen molar-refractivity contribution in [3.05, 3.63) is 109 Å². The summed E-state index contributed by atoms with van der Waals surface area (Å²) in [6.45, 7) is 10.4. The lowest BCUT2D eigenvalue weighted by atomic mass is 9.81. The van der Waals surface area contributed by atoms with Gasteiger partial charge in [0, 0.05) is 47.4 Å². The Balaban J connectivity index is 1.17. The zero-order valence-electron chi connectivity index (χ0n) is 23.7. The summed E-state index contributed by atoms with van der Waals surface area (Å²) in [5.41, 5.74) is 1.92. The molecular formula is C33H31ClN6O3. The van der Waals surface area contributed by atoms with Crippen LogP contribution in [-0.2, 0) is 4.79 Å². The Morgan fingerprint density at radius 1 is 1.05 bits per heavy atom. The number of fused-ring (bicyclic) bond motifs is 3. The first-order chi connectivity index (χ1) is 20.7. The summed E-state index contributed by atoms with van der Waals surface area (Å²) in [6, 6.07) is 15.0. The predicted octanol–water partition coefficient (Wildman–Crippen LogP) is 4.88. The topological polar surface area (TPSA) is 111 Å². The number of amides is 3. The Kier molecular flexibility index (Phi) is 7.35.